The van der Waals surface area contributed by atoms with Crippen molar-refractivity contribution in [1.82, 2.24) is 15.2 Å². The van der Waals surface area contributed by atoms with Crippen LogP contribution in [-0.4, -0.2) is 49.7 Å². The predicted molar refractivity (Wildman–Crippen MR) is 87.6 cm³/mol. The monoisotopic (exact) mass is 296 g/mol. The Bertz CT molecular complexity index is 396. The lowest BCUT2D eigenvalue weighted by Gasteiger charge is -2.34. The van der Waals surface area contributed by atoms with E-state index in [0.717, 1.165) is 13.1 Å². The van der Waals surface area contributed by atoms with E-state index in [2.05, 4.69) is 48.4 Å². The zero-order valence-corrected chi connectivity index (χ0v) is 14.0. The molecule has 0 spiro atoms. The molecule has 0 saturated carbocycles. The summed E-state index contributed by atoms with van der Waals surface area (Å²) >= 11 is 1.77. The van der Waals surface area contributed by atoms with E-state index in [-0.39, 0.29) is 0 Å². The Kier molecular flexibility index (Phi) is 5.81. The van der Waals surface area contributed by atoms with E-state index in [1.54, 1.807) is 11.3 Å². The van der Waals surface area contributed by atoms with E-state index in [1.165, 1.54) is 36.8 Å². The lowest BCUT2D eigenvalue weighted by molar-refractivity contribution is 0.253. The number of hydrogen-bond acceptors (Lipinski definition) is 5. The highest BCUT2D eigenvalue weighted by Crippen LogP contribution is 2.25. The van der Waals surface area contributed by atoms with Gasteiger partial charge in [0.15, 0.2) is 5.13 Å². The average Bonchev–Trinajstić information content (AvgIpc) is 2.87. The van der Waals surface area contributed by atoms with Gasteiger partial charge in [0, 0.05) is 25.0 Å². The number of aromatic nitrogens is 1. The van der Waals surface area contributed by atoms with Crippen molar-refractivity contribution < 1.29 is 0 Å². The third-order valence-electron chi connectivity index (χ3n) is 3.94. The first kappa shape index (κ1) is 15.7. The zero-order valence-electron chi connectivity index (χ0n) is 13.2. The number of piperidine rings is 1. The molecular formula is C15H28N4S. The van der Waals surface area contributed by atoms with Crippen molar-refractivity contribution in [3.63, 3.8) is 0 Å². The number of hydrogen-bond donors (Lipinski definition) is 1. The molecule has 0 unspecified atom stereocenters. The smallest absolute Gasteiger partial charge is 0.185 e. The molecule has 5 heteroatoms. The molecule has 0 radical (unpaired) electrons. The van der Waals surface area contributed by atoms with Gasteiger partial charge in [-0.15, -0.1) is 11.3 Å². The van der Waals surface area contributed by atoms with Crippen LogP contribution in [0.25, 0.3) is 0 Å². The fraction of sp³-hybridized carbons (Fsp3) is 0.800. The highest BCUT2D eigenvalue weighted by Gasteiger charge is 2.22. The molecule has 1 aliphatic heterocycles. The zero-order chi connectivity index (χ0) is 14.5. The quantitative estimate of drug-likeness (QED) is 0.873. The molecule has 20 heavy (non-hydrogen) atoms. The summed E-state index contributed by atoms with van der Waals surface area (Å²) in [6.07, 6.45) is 2.49. The summed E-state index contributed by atoms with van der Waals surface area (Å²) < 4.78 is 0. The van der Waals surface area contributed by atoms with Gasteiger partial charge in [-0.1, -0.05) is 13.8 Å². The second-order valence-electron chi connectivity index (χ2n) is 6.29. The van der Waals surface area contributed by atoms with Crippen LogP contribution in [0.4, 0.5) is 5.13 Å². The number of rotatable bonds is 6. The van der Waals surface area contributed by atoms with Crippen molar-refractivity contribution in [2.24, 2.45) is 5.92 Å². The molecule has 114 valence electrons. The number of likely N-dealkylation sites (tertiary alicyclic amines) is 1. The summed E-state index contributed by atoms with van der Waals surface area (Å²) in [5.41, 5.74) is 1.17. The van der Waals surface area contributed by atoms with Crippen LogP contribution in [0, 0.1) is 5.92 Å². The normalized spacial score (nSPS) is 17.9. The largest absolute Gasteiger partial charge is 0.348 e. The third-order valence-corrected chi connectivity index (χ3v) is 4.92. The van der Waals surface area contributed by atoms with Gasteiger partial charge in [0.05, 0.1) is 5.69 Å². The molecule has 2 heterocycles. The van der Waals surface area contributed by atoms with Crippen LogP contribution in [0.2, 0.25) is 0 Å². The Hall–Kier alpha value is -0.650. The molecule has 1 N–H and O–H groups in total. The Balaban J connectivity index is 1.84. The van der Waals surface area contributed by atoms with Gasteiger partial charge in [-0.05, 0) is 45.4 Å². The molecule has 1 saturated heterocycles. The topological polar surface area (TPSA) is 31.4 Å². The molecule has 2 rings (SSSR count). The minimum absolute atomic E-state index is 0.647. The number of anilines is 1. The molecule has 0 bridgehead atoms. The number of nitrogens with zero attached hydrogens (tertiary/aromatic N) is 3. The van der Waals surface area contributed by atoms with Gasteiger partial charge in [0.25, 0.3) is 0 Å². The first-order chi connectivity index (χ1) is 9.56. The molecule has 4 nitrogen and oxygen atoms in total. The number of thiazole rings is 1. The van der Waals surface area contributed by atoms with Gasteiger partial charge in [-0.2, -0.15) is 0 Å². The first-order valence-corrected chi connectivity index (χ1v) is 8.50. The first-order valence-electron chi connectivity index (χ1n) is 7.62. The predicted octanol–water partition coefficient (Wildman–Crippen LogP) is 2.42. The second-order valence-corrected chi connectivity index (χ2v) is 7.13. The van der Waals surface area contributed by atoms with Gasteiger partial charge >= 0.3 is 0 Å². The maximum atomic E-state index is 4.77. The maximum absolute atomic E-state index is 4.77. The van der Waals surface area contributed by atoms with Crippen molar-refractivity contribution in [2.45, 2.75) is 39.3 Å². The van der Waals surface area contributed by atoms with Crippen molar-refractivity contribution >= 4 is 16.5 Å². The Morgan fingerprint density at radius 1 is 1.45 bits per heavy atom. The van der Waals surface area contributed by atoms with Gasteiger partial charge in [0.1, 0.15) is 0 Å². The van der Waals surface area contributed by atoms with Crippen LogP contribution < -0.4 is 10.2 Å². The molecule has 1 aromatic rings. The van der Waals surface area contributed by atoms with Gasteiger partial charge in [-0.25, -0.2) is 4.98 Å². The third kappa shape index (κ3) is 4.43. The standard InChI is InChI=1S/C15H28N4S/c1-12(2)9-16-10-13-11-20-15(17-13)19(4)14-5-7-18(3)8-6-14/h11-12,14,16H,5-10H2,1-4H3. The fourth-order valence-corrected chi connectivity index (χ4v) is 3.43. The van der Waals surface area contributed by atoms with E-state index < -0.39 is 0 Å². The highest BCUT2D eigenvalue weighted by molar-refractivity contribution is 7.13. The molecular weight excluding hydrogens is 268 g/mol. The minimum Gasteiger partial charge on any atom is -0.348 e. The SMILES string of the molecule is CC(C)CNCc1csc(N(C)C2CCN(C)CC2)n1. The van der Waals surface area contributed by atoms with E-state index in [0.29, 0.717) is 12.0 Å². The molecule has 1 fully saturated rings. The van der Waals surface area contributed by atoms with Crippen molar-refractivity contribution in [2.75, 3.05) is 38.6 Å². The van der Waals surface area contributed by atoms with Crippen molar-refractivity contribution in [1.29, 1.82) is 0 Å². The summed E-state index contributed by atoms with van der Waals surface area (Å²) in [4.78, 5) is 9.56. The Labute approximate surface area is 127 Å². The van der Waals surface area contributed by atoms with E-state index in [9.17, 15) is 0 Å². The Morgan fingerprint density at radius 2 is 2.15 bits per heavy atom. The van der Waals surface area contributed by atoms with Crippen LogP contribution >= 0.6 is 11.3 Å². The van der Waals surface area contributed by atoms with E-state index in [1.807, 2.05) is 0 Å². The maximum Gasteiger partial charge on any atom is 0.185 e. The Morgan fingerprint density at radius 3 is 2.80 bits per heavy atom. The minimum atomic E-state index is 0.647. The number of nitrogens with one attached hydrogen (secondary N) is 1. The lowest BCUT2D eigenvalue weighted by atomic mass is 10.0. The van der Waals surface area contributed by atoms with Gasteiger partial charge < -0.3 is 15.1 Å². The molecule has 0 aromatic carbocycles. The van der Waals surface area contributed by atoms with E-state index >= 15 is 0 Å². The fourth-order valence-electron chi connectivity index (χ4n) is 2.57. The summed E-state index contributed by atoms with van der Waals surface area (Å²) in [6, 6.07) is 0.647. The average molecular weight is 296 g/mol. The molecule has 1 aliphatic rings. The summed E-state index contributed by atoms with van der Waals surface area (Å²) in [5, 5.41) is 6.81. The summed E-state index contributed by atoms with van der Waals surface area (Å²) in [5.74, 6) is 0.690. The van der Waals surface area contributed by atoms with Gasteiger partial charge in [0.2, 0.25) is 0 Å². The lowest BCUT2D eigenvalue weighted by Crippen LogP contribution is -2.41. The molecule has 0 aliphatic carbocycles. The summed E-state index contributed by atoms with van der Waals surface area (Å²) in [7, 11) is 4.40. The van der Waals surface area contributed by atoms with Crippen LogP contribution in [0.1, 0.15) is 32.4 Å². The van der Waals surface area contributed by atoms with Crippen LogP contribution in [0.15, 0.2) is 5.38 Å². The molecule has 1 aromatic heterocycles. The second kappa shape index (κ2) is 7.38. The molecule has 0 amide bonds. The van der Waals surface area contributed by atoms with Crippen molar-refractivity contribution in [3.05, 3.63) is 11.1 Å². The van der Waals surface area contributed by atoms with E-state index in [4.69, 9.17) is 4.98 Å². The van der Waals surface area contributed by atoms with Crippen molar-refractivity contribution in [3.8, 4) is 0 Å². The van der Waals surface area contributed by atoms with Gasteiger partial charge in [-0.3, -0.25) is 0 Å². The van der Waals surface area contributed by atoms with Crippen LogP contribution in [-0.2, 0) is 6.54 Å². The van der Waals surface area contributed by atoms with Crippen LogP contribution in [0.3, 0.4) is 0 Å². The van der Waals surface area contributed by atoms with Crippen LogP contribution in [0.5, 0.6) is 0 Å². The highest BCUT2D eigenvalue weighted by atomic mass is 32.1. The molecule has 0 atom stereocenters. The summed E-state index contributed by atoms with van der Waals surface area (Å²) in [6.45, 7) is 8.79.